The van der Waals surface area contributed by atoms with E-state index in [9.17, 15) is 9.59 Å². The molecule has 2 aromatic heterocycles. The van der Waals surface area contributed by atoms with E-state index in [0.29, 0.717) is 37.8 Å². The van der Waals surface area contributed by atoms with E-state index in [1.165, 1.54) is 0 Å². The maximum Gasteiger partial charge on any atom is 0.352 e. The number of carboxylic acids is 2. The topological polar surface area (TPSA) is 128 Å². The summed E-state index contributed by atoms with van der Waals surface area (Å²) in [6.07, 6.45) is 0. The summed E-state index contributed by atoms with van der Waals surface area (Å²) < 4.78 is 11.6. The number of likely N-dealkylation sites (N-methyl/N-ethyl adjacent to an activating group) is 1. The van der Waals surface area contributed by atoms with Gasteiger partial charge in [0.15, 0.2) is 0 Å². The molecule has 0 amide bonds. The number of aromatic carboxylic acids is 2. The molecule has 0 fully saturated rings. The number of aromatic nitrogens is 2. The summed E-state index contributed by atoms with van der Waals surface area (Å²) in [5.41, 5.74) is 1.80. The van der Waals surface area contributed by atoms with Gasteiger partial charge >= 0.3 is 11.9 Å². The molecule has 0 spiro atoms. The normalized spacial score (nSPS) is 11.3. The van der Waals surface area contributed by atoms with Crippen LogP contribution >= 0.6 is 0 Å². The number of fused-ring (bicyclic) bond motifs is 2. The van der Waals surface area contributed by atoms with Gasteiger partial charge in [-0.05, 0) is 55.6 Å². The number of nitrogens with zero attached hydrogens (tertiary/aromatic N) is 1. The Hall–Kier alpha value is -3.98. The van der Waals surface area contributed by atoms with Gasteiger partial charge in [-0.15, -0.1) is 0 Å². The van der Waals surface area contributed by atoms with E-state index in [0.717, 1.165) is 21.8 Å². The number of carboxylic acid groups (broad SMARTS) is 2. The average Bonchev–Trinajstić information content (AvgIpc) is 3.37. The molecule has 4 rings (SSSR count). The lowest BCUT2D eigenvalue weighted by Gasteiger charge is -2.17. The van der Waals surface area contributed by atoms with Gasteiger partial charge in [0, 0.05) is 34.9 Å². The van der Waals surface area contributed by atoms with Crippen LogP contribution in [0.3, 0.4) is 0 Å². The summed E-state index contributed by atoms with van der Waals surface area (Å²) in [4.78, 5) is 29.9. The fourth-order valence-corrected chi connectivity index (χ4v) is 3.38. The molecule has 0 saturated heterocycles. The van der Waals surface area contributed by atoms with Crippen LogP contribution in [0.25, 0.3) is 21.8 Å². The van der Waals surface area contributed by atoms with Crippen molar-refractivity contribution >= 4 is 33.7 Å². The number of benzene rings is 2. The Labute approximate surface area is 183 Å². The average molecular weight is 437 g/mol. The highest BCUT2D eigenvalue weighted by molar-refractivity contribution is 5.94. The third-order valence-electron chi connectivity index (χ3n) is 5.13. The number of nitrogens with one attached hydrogen (secondary N) is 2. The fraction of sp³-hybridized carbons (Fsp3) is 0.217. The minimum absolute atomic E-state index is 0.148. The van der Waals surface area contributed by atoms with Crippen LogP contribution in [-0.2, 0) is 0 Å². The zero-order valence-electron chi connectivity index (χ0n) is 17.4. The first-order valence-electron chi connectivity index (χ1n) is 10.1. The molecule has 2 aromatic carbocycles. The van der Waals surface area contributed by atoms with Gasteiger partial charge in [0.1, 0.15) is 36.1 Å². The number of H-pyrrole nitrogens is 2. The molecule has 166 valence electrons. The number of rotatable bonds is 10. The largest absolute Gasteiger partial charge is 0.492 e. The first-order chi connectivity index (χ1) is 15.4. The van der Waals surface area contributed by atoms with E-state index in [1.54, 1.807) is 36.4 Å². The number of hydrogen-bond acceptors (Lipinski definition) is 5. The second-order valence-electron chi connectivity index (χ2n) is 7.47. The van der Waals surface area contributed by atoms with Crippen LogP contribution in [0, 0.1) is 0 Å². The molecule has 9 heteroatoms. The Bertz CT molecular complexity index is 1180. The van der Waals surface area contributed by atoms with Crippen molar-refractivity contribution in [3.8, 4) is 11.5 Å². The molecule has 0 saturated carbocycles. The lowest BCUT2D eigenvalue weighted by molar-refractivity contribution is 0.0681. The summed E-state index contributed by atoms with van der Waals surface area (Å²) in [6, 6.07) is 14.0. The first-order valence-corrected chi connectivity index (χ1v) is 10.1. The molecule has 0 atom stereocenters. The second-order valence-corrected chi connectivity index (χ2v) is 7.47. The number of hydrogen-bond donors (Lipinski definition) is 4. The fourth-order valence-electron chi connectivity index (χ4n) is 3.38. The summed E-state index contributed by atoms with van der Waals surface area (Å²) in [7, 11) is 1.97. The third-order valence-corrected chi connectivity index (χ3v) is 5.13. The van der Waals surface area contributed by atoms with Crippen molar-refractivity contribution in [2.24, 2.45) is 0 Å². The molecule has 4 aromatic rings. The first kappa shape index (κ1) is 21.3. The lowest BCUT2D eigenvalue weighted by atomic mass is 10.2. The van der Waals surface area contributed by atoms with Gasteiger partial charge in [-0.25, -0.2) is 9.59 Å². The highest BCUT2D eigenvalue weighted by Crippen LogP contribution is 2.23. The molecule has 0 aliphatic heterocycles. The van der Waals surface area contributed by atoms with Crippen molar-refractivity contribution in [3.63, 3.8) is 0 Å². The van der Waals surface area contributed by atoms with E-state index in [4.69, 9.17) is 19.7 Å². The van der Waals surface area contributed by atoms with Crippen molar-refractivity contribution in [1.29, 1.82) is 0 Å². The molecule has 0 aliphatic rings. The van der Waals surface area contributed by atoms with E-state index in [-0.39, 0.29) is 11.4 Å². The Morgan fingerprint density at radius 3 is 1.62 bits per heavy atom. The Kier molecular flexibility index (Phi) is 6.00. The highest BCUT2D eigenvalue weighted by atomic mass is 16.5. The van der Waals surface area contributed by atoms with Crippen molar-refractivity contribution < 1.29 is 29.3 Å². The van der Waals surface area contributed by atoms with Gasteiger partial charge in [0.25, 0.3) is 0 Å². The predicted octanol–water partition coefficient (Wildman–Crippen LogP) is 3.44. The summed E-state index contributed by atoms with van der Waals surface area (Å²) >= 11 is 0. The van der Waals surface area contributed by atoms with Crippen LogP contribution in [0.15, 0.2) is 48.5 Å². The smallest absolute Gasteiger partial charge is 0.352 e. The molecule has 0 bridgehead atoms. The predicted molar refractivity (Wildman–Crippen MR) is 119 cm³/mol. The van der Waals surface area contributed by atoms with Crippen LogP contribution in [0.5, 0.6) is 11.5 Å². The lowest BCUT2D eigenvalue weighted by Crippen LogP contribution is -2.28. The molecule has 9 nitrogen and oxygen atoms in total. The molecular formula is C23H23N3O6. The minimum atomic E-state index is -0.995. The second kappa shape index (κ2) is 9.03. The van der Waals surface area contributed by atoms with E-state index in [1.807, 2.05) is 19.2 Å². The van der Waals surface area contributed by atoms with Crippen LogP contribution in [0.1, 0.15) is 21.0 Å². The molecule has 0 unspecified atom stereocenters. The molecular weight excluding hydrogens is 414 g/mol. The van der Waals surface area contributed by atoms with Crippen LogP contribution in [-0.4, -0.2) is 70.4 Å². The maximum absolute atomic E-state index is 11.1. The van der Waals surface area contributed by atoms with Crippen LogP contribution in [0.2, 0.25) is 0 Å². The zero-order chi connectivity index (χ0) is 22.7. The number of ether oxygens (including phenoxy) is 2. The maximum atomic E-state index is 11.1. The highest BCUT2D eigenvalue weighted by Gasteiger charge is 2.09. The van der Waals surface area contributed by atoms with Gasteiger partial charge in [-0.2, -0.15) is 0 Å². The van der Waals surface area contributed by atoms with E-state index in [2.05, 4.69) is 14.9 Å². The van der Waals surface area contributed by atoms with E-state index < -0.39 is 11.9 Å². The van der Waals surface area contributed by atoms with Crippen LogP contribution < -0.4 is 9.47 Å². The minimum Gasteiger partial charge on any atom is -0.492 e. The van der Waals surface area contributed by atoms with Crippen molar-refractivity contribution in [2.45, 2.75) is 0 Å². The monoisotopic (exact) mass is 437 g/mol. The standard InChI is InChI=1S/C23H23N3O6/c1-26(6-8-31-16-2-4-18-14(10-16)12-20(24-18)22(27)28)7-9-32-17-3-5-19-15(11-17)13-21(25-19)23(29)30/h2-5,10-13,24-25H,6-9H2,1H3,(H,27,28)(H,29,30). The summed E-state index contributed by atoms with van der Waals surface area (Å²) in [6.45, 7) is 2.33. The Balaban J connectivity index is 1.22. The molecule has 2 heterocycles. The Morgan fingerprint density at radius 2 is 1.22 bits per heavy atom. The van der Waals surface area contributed by atoms with Gasteiger partial charge in [-0.3, -0.25) is 4.90 Å². The summed E-state index contributed by atoms with van der Waals surface area (Å²) in [5, 5.41) is 19.7. The van der Waals surface area contributed by atoms with Gasteiger partial charge in [0.05, 0.1) is 0 Å². The molecule has 32 heavy (non-hydrogen) atoms. The van der Waals surface area contributed by atoms with Gasteiger partial charge in [0.2, 0.25) is 0 Å². The quantitative estimate of drug-likeness (QED) is 0.299. The van der Waals surface area contributed by atoms with Crippen molar-refractivity contribution in [1.82, 2.24) is 14.9 Å². The number of aromatic amines is 2. The molecule has 0 radical (unpaired) electrons. The SMILES string of the molecule is CN(CCOc1ccc2[nH]c(C(=O)O)cc2c1)CCOc1ccc2[nH]c(C(=O)O)cc2c1. The zero-order valence-corrected chi connectivity index (χ0v) is 17.4. The third kappa shape index (κ3) is 4.84. The summed E-state index contributed by atoms with van der Waals surface area (Å²) in [5.74, 6) is -0.631. The van der Waals surface area contributed by atoms with Gasteiger partial charge < -0.3 is 29.7 Å². The molecule has 4 N–H and O–H groups in total. The van der Waals surface area contributed by atoms with Crippen molar-refractivity contribution in [3.05, 3.63) is 59.9 Å². The molecule has 0 aliphatic carbocycles. The Morgan fingerprint density at radius 1 is 0.781 bits per heavy atom. The number of carbonyl (C=O) groups is 2. The van der Waals surface area contributed by atoms with E-state index >= 15 is 0 Å². The van der Waals surface area contributed by atoms with Crippen molar-refractivity contribution in [2.75, 3.05) is 33.4 Å². The van der Waals surface area contributed by atoms with Crippen LogP contribution in [0.4, 0.5) is 0 Å². The van der Waals surface area contributed by atoms with Gasteiger partial charge in [-0.1, -0.05) is 0 Å².